The number of hydrogen-bond donors (Lipinski definition) is 2. The van der Waals surface area contributed by atoms with E-state index in [9.17, 15) is 9.59 Å². The minimum absolute atomic E-state index is 0.267. The maximum absolute atomic E-state index is 13.4. The van der Waals surface area contributed by atoms with Crippen molar-refractivity contribution in [1.82, 2.24) is 15.1 Å². The summed E-state index contributed by atoms with van der Waals surface area (Å²) >= 11 is 5.98. The van der Waals surface area contributed by atoms with Gasteiger partial charge in [0.2, 0.25) is 11.9 Å². The van der Waals surface area contributed by atoms with Crippen LogP contribution in [0.1, 0.15) is 17.0 Å². The molecule has 1 fully saturated rings. The maximum Gasteiger partial charge on any atom is 0.252 e. The standard InChI is InChI=1S/C28H28ClN5O2/c29-22-11-13-23(14-12-22)30-26(35)24(21-9-5-2-6-10-21)25-27(36)32-28(31-25)34-17-15-33(16-18-34)19-20-7-3-1-4-8-20/h1-14,24-25H,15-19H2,(H,30,35)(H,31,32,36)/t24-,25+/m1/s1. The van der Waals surface area contributed by atoms with Crippen molar-refractivity contribution >= 4 is 35.1 Å². The second kappa shape index (κ2) is 10.9. The third kappa shape index (κ3) is 5.58. The molecule has 2 amide bonds. The Bertz CT molecular complexity index is 1230. The second-order valence-electron chi connectivity index (χ2n) is 9.02. The molecule has 1 saturated heterocycles. The van der Waals surface area contributed by atoms with Crippen LogP contribution in [-0.4, -0.2) is 59.8 Å². The summed E-state index contributed by atoms with van der Waals surface area (Å²) in [4.78, 5) is 35.7. The number of carbonyl (C=O) groups excluding carboxylic acids is 2. The fourth-order valence-corrected chi connectivity index (χ4v) is 4.77. The molecule has 0 bridgehead atoms. The van der Waals surface area contributed by atoms with Gasteiger partial charge in [-0.25, -0.2) is 4.99 Å². The lowest BCUT2D eigenvalue weighted by Crippen LogP contribution is -2.51. The number of rotatable bonds is 6. The highest BCUT2D eigenvalue weighted by Crippen LogP contribution is 2.27. The van der Waals surface area contributed by atoms with Crippen LogP contribution >= 0.6 is 11.6 Å². The van der Waals surface area contributed by atoms with Crippen molar-refractivity contribution in [3.63, 3.8) is 0 Å². The number of nitrogens with zero attached hydrogens (tertiary/aromatic N) is 3. The van der Waals surface area contributed by atoms with E-state index in [0.717, 1.165) is 38.3 Å². The average molecular weight is 502 g/mol. The van der Waals surface area contributed by atoms with Crippen molar-refractivity contribution in [3.05, 3.63) is 101 Å². The normalized spacial score (nSPS) is 18.9. The summed E-state index contributed by atoms with van der Waals surface area (Å²) in [6.07, 6.45) is 0. The lowest BCUT2D eigenvalue weighted by atomic mass is 9.90. The highest BCUT2D eigenvalue weighted by molar-refractivity contribution is 6.30. The molecule has 8 heteroatoms. The molecule has 0 radical (unpaired) electrons. The topological polar surface area (TPSA) is 77.0 Å². The smallest absolute Gasteiger partial charge is 0.252 e. The molecule has 5 rings (SSSR count). The third-order valence-corrected chi connectivity index (χ3v) is 6.81. The monoisotopic (exact) mass is 501 g/mol. The largest absolute Gasteiger partial charge is 0.340 e. The summed E-state index contributed by atoms with van der Waals surface area (Å²) in [6.45, 7) is 4.15. The average Bonchev–Trinajstić information content (AvgIpc) is 3.28. The molecule has 7 nitrogen and oxygen atoms in total. The number of aliphatic imine (C=N–C) groups is 1. The van der Waals surface area contributed by atoms with Crippen LogP contribution < -0.4 is 10.6 Å². The van der Waals surface area contributed by atoms with Crippen LogP contribution in [0, 0.1) is 0 Å². The van der Waals surface area contributed by atoms with E-state index in [4.69, 9.17) is 16.6 Å². The zero-order chi connectivity index (χ0) is 24.9. The first-order valence-electron chi connectivity index (χ1n) is 12.1. The number of guanidine groups is 1. The zero-order valence-corrected chi connectivity index (χ0v) is 20.6. The minimum Gasteiger partial charge on any atom is -0.340 e. The number of amides is 2. The molecule has 0 saturated carbocycles. The maximum atomic E-state index is 13.4. The van der Waals surface area contributed by atoms with Gasteiger partial charge < -0.3 is 10.2 Å². The van der Waals surface area contributed by atoms with Crippen LogP contribution in [0.2, 0.25) is 5.02 Å². The first-order valence-corrected chi connectivity index (χ1v) is 12.5. The molecular weight excluding hydrogens is 474 g/mol. The molecule has 3 aromatic rings. The number of hydrogen-bond acceptors (Lipinski definition) is 5. The molecule has 3 aromatic carbocycles. The molecule has 0 aromatic heterocycles. The first kappa shape index (κ1) is 24.0. The molecule has 0 unspecified atom stereocenters. The van der Waals surface area contributed by atoms with E-state index in [0.29, 0.717) is 16.7 Å². The number of benzene rings is 3. The zero-order valence-electron chi connectivity index (χ0n) is 19.8. The van der Waals surface area contributed by atoms with Crippen LogP contribution in [0.15, 0.2) is 89.9 Å². The molecular formula is C28H28ClN5O2. The fraction of sp³-hybridized carbons (Fsp3) is 0.250. The molecule has 2 aliphatic rings. The van der Waals surface area contributed by atoms with Gasteiger partial charge in [0, 0.05) is 43.4 Å². The van der Waals surface area contributed by atoms with Crippen LogP contribution in [-0.2, 0) is 16.1 Å². The van der Waals surface area contributed by atoms with Gasteiger partial charge in [-0.15, -0.1) is 0 Å². The van der Waals surface area contributed by atoms with Gasteiger partial charge in [-0.3, -0.25) is 19.8 Å². The second-order valence-corrected chi connectivity index (χ2v) is 9.46. The number of anilines is 1. The minimum atomic E-state index is -0.850. The van der Waals surface area contributed by atoms with Crippen molar-refractivity contribution < 1.29 is 9.59 Å². The molecule has 0 aliphatic carbocycles. The van der Waals surface area contributed by atoms with Crippen LogP contribution in [0.3, 0.4) is 0 Å². The van der Waals surface area contributed by atoms with Crippen molar-refractivity contribution in [3.8, 4) is 0 Å². The molecule has 0 spiro atoms. The van der Waals surface area contributed by atoms with E-state index in [1.165, 1.54) is 5.56 Å². The van der Waals surface area contributed by atoms with E-state index in [-0.39, 0.29) is 11.8 Å². The Kier molecular flexibility index (Phi) is 7.30. The van der Waals surface area contributed by atoms with E-state index in [1.54, 1.807) is 24.3 Å². The summed E-state index contributed by atoms with van der Waals surface area (Å²) < 4.78 is 0. The number of carbonyl (C=O) groups is 2. The van der Waals surface area contributed by atoms with Crippen LogP contribution in [0.25, 0.3) is 0 Å². The Balaban J connectivity index is 1.30. The fourth-order valence-electron chi connectivity index (χ4n) is 4.64. The summed E-state index contributed by atoms with van der Waals surface area (Å²) in [7, 11) is 0. The number of piperazine rings is 1. The van der Waals surface area contributed by atoms with Gasteiger partial charge in [0.25, 0.3) is 5.91 Å². The lowest BCUT2D eigenvalue weighted by Gasteiger charge is -2.35. The van der Waals surface area contributed by atoms with Crippen molar-refractivity contribution in [2.75, 3.05) is 31.5 Å². The highest BCUT2D eigenvalue weighted by Gasteiger charge is 2.40. The van der Waals surface area contributed by atoms with Crippen molar-refractivity contribution in [1.29, 1.82) is 0 Å². The van der Waals surface area contributed by atoms with E-state index in [2.05, 4.69) is 44.7 Å². The summed E-state index contributed by atoms with van der Waals surface area (Å²) in [5.74, 6) is -0.776. The molecule has 184 valence electrons. The number of nitrogens with one attached hydrogen (secondary N) is 2. The van der Waals surface area contributed by atoms with E-state index in [1.807, 2.05) is 36.4 Å². The van der Waals surface area contributed by atoms with Gasteiger partial charge in [0.15, 0.2) is 0 Å². The molecule has 2 aliphatic heterocycles. The van der Waals surface area contributed by atoms with E-state index >= 15 is 0 Å². The third-order valence-electron chi connectivity index (χ3n) is 6.55. The molecule has 2 N–H and O–H groups in total. The van der Waals surface area contributed by atoms with Gasteiger partial charge in [0.1, 0.15) is 6.04 Å². The Morgan fingerprint density at radius 1 is 0.944 bits per heavy atom. The quantitative estimate of drug-likeness (QED) is 0.539. The van der Waals surface area contributed by atoms with Crippen LogP contribution in [0.5, 0.6) is 0 Å². The predicted octanol–water partition coefficient (Wildman–Crippen LogP) is 3.73. The van der Waals surface area contributed by atoms with Gasteiger partial charge in [-0.1, -0.05) is 72.3 Å². The summed E-state index contributed by atoms with van der Waals surface area (Å²) in [5, 5.41) is 6.44. The highest BCUT2D eigenvalue weighted by atomic mass is 35.5. The van der Waals surface area contributed by atoms with Gasteiger partial charge >= 0.3 is 0 Å². The lowest BCUT2D eigenvalue weighted by molar-refractivity contribution is -0.125. The summed E-state index contributed by atoms with van der Waals surface area (Å²) in [6, 6.07) is 25.8. The Morgan fingerprint density at radius 2 is 1.58 bits per heavy atom. The molecule has 2 atom stereocenters. The number of halogens is 1. The first-order chi connectivity index (χ1) is 17.6. The Morgan fingerprint density at radius 3 is 2.25 bits per heavy atom. The molecule has 36 heavy (non-hydrogen) atoms. The van der Waals surface area contributed by atoms with Crippen LogP contribution in [0.4, 0.5) is 5.69 Å². The van der Waals surface area contributed by atoms with Gasteiger partial charge in [0.05, 0.1) is 5.92 Å². The SMILES string of the molecule is O=C1NC(N2CCN(Cc3ccccc3)CC2)=N[C@H]1[C@H](C(=O)Nc1ccc(Cl)cc1)c1ccccc1. The van der Waals surface area contributed by atoms with Crippen molar-refractivity contribution in [2.24, 2.45) is 4.99 Å². The Labute approximate surface area is 215 Å². The van der Waals surface area contributed by atoms with Gasteiger partial charge in [-0.05, 0) is 35.4 Å². The molecule has 2 heterocycles. The van der Waals surface area contributed by atoms with E-state index < -0.39 is 12.0 Å². The predicted molar refractivity (Wildman–Crippen MR) is 142 cm³/mol. The summed E-state index contributed by atoms with van der Waals surface area (Å²) in [5.41, 5.74) is 2.64. The van der Waals surface area contributed by atoms with Gasteiger partial charge in [-0.2, -0.15) is 0 Å². The Hall–Kier alpha value is -3.68. The van der Waals surface area contributed by atoms with Crippen molar-refractivity contribution in [2.45, 2.75) is 18.5 Å².